The zero-order chi connectivity index (χ0) is 22.2. The second-order valence-electron chi connectivity index (χ2n) is 8.92. The summed E-state index contributed by atoms with van der Waals surface area (Å²) in [4.78, 5) is 38.2. The van der Waals surface area contributed by atoms with Crippen molar-refractivity contribution in [2.75, 3.05) is 19.7 Å². The molecule has 6 rings (SSSR count). The summed E-state index contributed by atoms with van der Waals surface area (Å²) in [7, 11) is 0. The number of hydrogen-bond acceptors (Lipinski definition) is 4. The lowest BCUT2D eigenvalue weighted by atomic mass is 9.72. The molecule has 1 saturated carbocycles. The zero-order valence-corrected chi connectivity index (χ0v) is 17.7. The standard InChI is InChI=1S/C25H26N2O5/c28-23(27-13-15-9-10-22(27)20(11-15)24(29)30)12-26-25(31)32-14-21-18-7-3-1-5-16(18)17-6-2-4-8-19(17)21/h1-8,15,20-22H,9-14H2,(H,26,31)(H,29,30). The van der Waals surface area contributed by atoms with Crippen molar-refractivity contribution in [1.29, 1.82) is 0 Å². The number of carbonyl (C=O) groups is 3. The fourth-order valence-electron chi connectivity index (χ4n) is 5.65. The summed E-state index contributed by atoms with van der Waals surface area (Å²) in [6.07, 6.45) is 1.65. The fourth-order valence-corrected chi connectivity index (χ4v) is 5.65. The van der Waals surface area contributed by atoms with Crippen LogP contribution in [0, 0.1) is 11.8 Å². The van der Waals surface area contributed by atoms with Gasteiger partial charge in [-0.3, -0.25) is 9.59 Å². The number of alkyl carbamates (subject to hydrolysis) is 1. The molecule has 2 aliphatic heterocycles. The molecule has 7 heteroatoms. The van der Waals surface area contributed by atoms with Gasteiger partial charge in [0.05, 0.1) is 5.92 Å². The molecule has 2 saturated heterocycles. The van der Waals surface area contributed by atoms with E-state index in [1.54, 1.807) is 4.90 Å². The summed E-state index contributed by atoms with van der Waals surface area (Å²) < 4.78 is 5.48. The van der Waals surface area contributed by atoms with Crippen molar-refractivity contribution in [3.8, 4) is 11.1 Å². The van der Waals surface area contributed by atoms with Crippen molar-refractivity contribution < 1.29 is 24.2 Å². The highest BCUT2D eigenvalue weighted by molar-refractivity contribution is 5.84. The Morgan fingerprint density at radius 1 is 1.00 bits per heavy atom. The molecule has 3 unspecified atom stereocenters. The number of carboxylic acids is 1. The zero-order valence-electron chi connectivity index (χ0n) is 17.7. The van der Waals surface area contributed by atoms with E-state index in [0.717, 1.165) is 28.7 Å². The largest absolute Gasteiger partial charge is 0.481 e. The van der Waals surface area contributed by atoms with Crippen molar-refractivity contribution in [2.24, 2.45) is 11.8 Å². The van der Waals surface area contributed by atoms with Gasteiger partial charge in [0.25, 0.3) is 0 Å². The fraction of sp³-hybridized carbons (Fsp3) is 0.400. The lowest BCUT2D eigenvalue weighted by molar-refractivity contribution is -0.155. The predicted octanol–water partition coefficient (Wildman–Crippen LogP) is 3.24. The number of nitrogens with one attached hydrogen (secondary N) is 1. The molecule has 0 aromatic heterocycles. The Morgan fingerprint density at radius 3 is 2.28 bits per heavy atom. The molecule has 2 amide bonds. The Balaban J connectivity index is 1.18. The maximum atomic E-state index is 12.7. The van der Waals surface area contributed by atoms with Gasteiger partial charge in [-0.05, 0) is 47.4 Å². The summed E-state index contributed by atoms with van der Waals surface area (Å²) in [6, 6.07) is 15.9. The second kappa shape index (κ2) is 8.30. The first kappa shape index (κ1) is 20.5. The van der Waals surface area contributed by atoms with Crippen LogP contribution in [0.3, 0.4) is 0 Å². The molecule has 2 bridgehead atoms. The van der Waals surface area contributed by atoms with Crippen molar-refractivity contribution in [1.82, 2.24) is 10.2 Å². The van der Waals surface area contributed by atoms with E-state index in [1.807, 2.05) is 24.3 Å². The lowest BCUT2D eigenvalue weighted by Gasteiger charge is -2.48. The third-order valence-corrected chi connectivity index (χ3v) is 7.14. The minimum Gasteiger partial charge on any atom is -0.481 e. The van der Waals surface area contributed by atoms with Crippen molar-refractivity contribution in [3.63, 3.8) is 0 Å². The van der Waals surface area contributed by atoms with Crippen LogP contribution in [0.1, 0.15) is 36.3 Å². The molecular weight excluding hydrogens is 408 g/mol. The highest BCUT2D eigenvalue weighted by atomic mass is 16.5. The average Bonchev–Trinajstić information content (AvgIpc) is 3.15. The van der Waals surface area contributed by atoms with Gasteiger partial charge in [-0.1, -0.05) is 48.5 Å². The molecule has 2 N–H and O–H groups in total. The normalized spacial score (nSPS) is 23.4. The van der Waals surface area contributed by atoms with Crippen molar-refractivity contribution >= 4 is 18.0 Å². The number of amides is 2. The third-order valence-electron chi connectivity index (χ3n) is 7.14. The first-order valence-corrected chi connectivity index (χ1v) is 11.1. The van der Waals surface area contributed by atoms with Crippen LogP contribution < -0.4 is 5.32 Å². The summed E-state index contributed by atoms with van der Waals surface area (Å²) in [5.74, 6) is -1.43. The van der Waals surface area contributed by atoms with Crippen LogP contribution in [0.25, 0.3) is 11.1 Å². The molecule has 32 heavy (non-hydrogen) atoms. The Bertz CT molecular complexity index is 1020. The molecule has 0 radical (unpaired) electrons. The van der Waals surface area contributed by atoms with Gasteiger partial charge in [-0.2, -0.15) is 0 Å². The van der Waals surface area contributed by atoms with Crippen molar-refractivity contribution in [2.45, 2.75) is 31.2 Å². The molecular formula is C25H26N2O5. The van der Waals surface area contributed by atoms with Crippen LogP contribution >= 0.6 is 0 Å². The van der Waals surface area contributed by atoms with Gasteiger partial charge in [0, 0.05) is 18.5 Å². The van der Waals surface area contributed by atoms with Gasteiger partial charge in [0.15, 0.2) is 0 Å². The Labute approximate surface area is 186 Å². The number of ether oxygens (including phenoxy) is 1. The first-order valence-electron chi connectivity index (χ1n) is 11.1. The Morgan fingerprint density at radius 2 is 1.66 bits per heavy atom. The number of carbonyl (C=O) groups excluding carboxylic acids is 2. The smallest absolute Gasteiger partial charge is 0.407 e. The summed E-state index contributed by atoms with van der Waals surface area (Å²) in [5, 5.41) is 12.0. The van der Waals surface area contributed by atoms with E-state index in [-0.39, 0.29) is 36.9 Å². The van der Waals surface area contributed by atoms with Crippen LogP contribution in [0.4, 0.5) is 4.79 Å². The van der Waals surface area contributed by atoms with Gasteiger partial charge in [-0.25, -0.2) is 4.79 Å². The van der Waals surface area contributed by atoms with Gasteiger partial charge in [-0.15, -0.1) is 0 Å². The third kappa shape index (κ3) is 3.61. The molecule has 166 valence electrons. The van der Waals surface area contributed by atoms with Gasteiger partial charge >= 0.3 is 12.1 Å². The number of hydrogen-bond donors (Lipinski definition) is 2. The SMILES string of the molecule is O=C(NCC(=O)N1CC2CCC1C(C(=O)O)C2)OCC1c2ccccc2-c2ccccc21. The molecule has 3 atom stereocenters. The van der Waals surface area contributed by atoms with Crippen LogP contribution in [0.5, 0.6) is 0 Å². The molecule has 2 heterocycles. The van der Waals surface area contributed by atoms with Crippen LogP contribution in [-0.2, 0) is 14.3 Å². The maximum Gasteiger partial charge on any atom is 0.407 e. The van der Waals surface area contributed by atoms with Gasteiger partial charge in [0.2, 0.25) is 5.91 Å². The monoisotopic (exact) mass is 434 g/mol. The highest BCUT2D eigenvalue weighted by Crippen LogP contribution is 2.44. The molecule has 3 fully saturated rings. The number of piperidine rings is 2. The molecule has 2 aromatic carbocycles. The Hall–Kier alpha value is -3.35. The molecule has 4 aliphatic rings. The predicted molar refractivity (Wildman–Crippen MR) is 117 cm³/mol. The minimum atomic E-state index is -0.846. The number of rotatable bonds is 5. The molecule has 0 spiro atoms. The number of aliphatic carboxylic acids is 1. The number of fused-ring (bicyclic) bond motifs is 6. The average molecular weight is 434 g/mol. The van der Waals surface area contributed by atoms with Crippen molar-refractivity contribution in [3.05, 3.63) is 59.7 Å². The minimum absolute atomic E-state index is 0.0435. The summed E-state index contributed by atoms with van der Waals surface area (Å²) in [5.41, 5.74) is 4.56. The van der Waals surface area contributed by atoms with E-state index < -0.39 is 18.0 Å². The van der Waals surface area contributed by atoms with Gasteiger partial charge < -0.3 is 20.1 Å². The highest BCUT2D eigenvalue weighted by Gasteiger charge is 2.45. The van der Waals surface area contributed by atoms with E-state index in [9.17, 15) is 19.5 Å². The molecule has 2 aliphatic carbocycles. The van der Waals surface area contributed by atoms with E-state index in [1.165, 1.54) is 0 Å². The number of carboxylic acid groups (broad SMARTS) is 1. The first-order chi connectivity index (χ1) is 15.5. The summed E-state index contributed by atoms with van der Waals surface area (Å²) >= 11 is 0. The lowest BCUT2D eigenvalue weighted by Crippen LogP contribution is -2.58. The topological polar surface area (TPSA) is 95.9 Å². The van der Waals surface area contributed by atoms with E-state index in [0.29, 0.717) is 19.4 Å². The van der Waals surface area contributed by atoms with Crippen LogP contribution in [0.2, 0.25) is 0 Å². The van der Waals surface area contributed by atoms with Gasteiger partial charge in [0.1, 0.15) is 13.2 Å². The van der Waals surface area contributed by atoms with E-state index in [2.05, 4.69) is 29.6 Å². The maximum absolute atomic E-state index is 12.7. The van der Waals surface area contributed by atoms with Crippen LogP contribution in [0.15, 0.2) is 48.5 Å². The molecule has 2 aromatic rings. The second-order valence-corrected chi connectivity index (χ2v) is 8.92. The van der Waals surface area contributed by atoms with Crippen LogP contribution in [-0.4, -0.2) is 53.7 Å². The van der Waals surface area contributed by atoms with E-state index in [4.69, 9.17) is 4.74 Å². The molecule has 7 nitrogen and oxygen atoms in total. The van der Waals surface area contributed by atoms with E-state index >= 15 is 0 Å². The Kier molecular flexibility index (Phi) is 5.33. The quantitative estimate of drug-likeness (QED) is 0.753. The number of nitrogens with zero attached hydrogens (tertiary/aromatic N) is 1. The number of benzene rings is 2. The summed E-state index contributed by atoms with van der Waals surface area (Å²) in [6.45, 7) is 0.565.